The number of nitrogens with one attached hydrogen (secondary N) is 3. The number of aromatic nitrogens is 10. The summed E-state index contributed by atoms with van der Waals surface area (Å²) < 4.78 is 11.8. The van der Waals surface area contributed by atoms with Gasteiger partial charge < -0.3 is 38.8 Å². The maximum atomic E-state index is 13.0. The monoisotopic (exact) mass is 2120 g/mol. The zero-order valence-corrected chi connectivity index (χ0v) is 84.1. The second-order valence-corrected chi connectivity index (χ2v) is 39.3. The molecule has 13 aromatic carbocycles. The number of nitrogens with zero attached hydrogens (tertiary/aromatic N) is 10. The molecule has 0 bridgehead atoms. The fourth-order valence-electron chi connectivity index (χ4n) is 16.1. The van der Waals surface area contributed by atoms with E-state index in [1.54, 1.807) is 87.8 Å². The van der Waals surface area contributed by atoms with Crippen molar-refractivity contribution in [3.8, 4) is 68.1 Å². The second-order valence-electron chi connectivity index (χ2n) is 32.2. The van der Waals surface area contributed by atoms with Crippen molar-refractivity contribution < 1.29 is 24.0 Å². The smallest absolute Gasteiger partial charge is 0.244 e. The first kappa shape index (κ1) is 95.7. The first-order chi connectivity index (χ1) is 67.7. The van der Waals surface area contributed by atoms with Crippen LogP contribution in [0.15, 0.2) is 367 Å². The topological polar surface area (TPSA) is 211 Å². The number of thiophene rings is 4. The third-order valence-corrected chi connectivity index (χ3v) is 28.1. The van der Waals surface area contributed by atoms with E-state index in [1.807, 2.05) is 340 Å². The summed E-state index contributed by atoms with van der Waals surface area (Å²) in [4.78, 5) is 87.8. The van der Waals surface area contributed by atoms with Crippen LogP contribution in [-0.4, -0.2) is 77.0 Å². The molecule has 9 aromatic heterocycles. The van der Waals surface area contributed by atoms with Gasteiger partial charge >= 0.3 is 0 Å². The molecular formula is C110H80Br2Cl5N13O5S4. The number of rotatable bonds is 23. The standard InChI is InChI=1S/C25H18ClN3OS.C23H16ClN3OS.C22H18ClN3O.C20H14Br2N2OS.C20H14Cl2N2OS/c26-20-9-5-17(6-10-20)18-7-11-21(12-8-18)27-24(30)15-29-23-4-2-1-3-22(23)28-25(29)19-13-14-31-16-19;24-18-9-10-19(17-6-2-1-5-16(17)18)25-22(28)13-27-21-8-4-3-7-20(21)26-23(27)15-11-12-29-14-15;1-15-6-8-16(9-7-15)22-25-19-4-2-3-5-20(19)26(22)14-21(27)24-18-12-10-17(23)11-13-18;2*21-15-6-5-13(17(22)10-15)9-16(25)11-24-19-4-2-1-3-18(19)23-20(24)14-7-8-26-12-14/h1-14,16H,15H2,(H,27,30);1-12,14H,13H2,(H,25,28);2-13H,14H2,1H3,(H,24,27);2*1-8,10,12H,9,11H2. The van der Waals surface area contributed by atoms with Crippen molar-refractivity contribution in [1.29, 1.82) is 0 Å². The van der Waals surface area contributed by atoms with E-state index in [-0.39, 0.29) is 61.9 Å². The average molecular weight is 2130 g/mol. The molecule has 0 aliphatic rings. The zero-order chi connectivity index (χ0) is 96.0. The van der Waals surface area contributed by atoms with E-state index in [4.69, 9.17) is 82.9 Å². The molecule has 3 amide bonds. The lowest BCUT2D eigenvalue weighted by atomic mass is 10.1. The van der Waals surface area contributed by atoms with Gasteiger partial charge in [0.15, 0.2) is 11.6 Å². The maximum absolute atomic E-state index is 13.0. The molecule has 22 aromatic rings. The predicted octanol–water partition coefficient (Wildman–Crippen LogP) is 30.2. The Morgan fingerprint density at radius 2 is 0.633 bits per heavy atom. The average Bonchev–Trinajstić information content (AvgIpc) is 1.75. The molecule has 0 aliphatic heterocycles. The molecule has 0 radical (unpaired) electrons. The van der Waals surface area contributed by atoms with Gasteiger partial charge in [-0.1, -0.05) is 241 Å². The fraction of sp³-hybridized carbons (Fsp3) is 0.0727. The van der Waals surface area contributed by atoms with Crippen LogP contribution in [0.4, 0.5) is 17.1 Å². The second kappa shape index (κ2) is 44.5. The number of hydrogen-bond acceptors (Lipinski definition) is 14. The third-order valence-electron chi connectivity index (χ3n) is 22.7. The van der Waals surface area contributed by atoms with Gasteiger partial charge in [-0.2, -0.15) is 45.3 Å². The van der Waals surface area contributed by atoms with E-state index in [0.29, 0.717) is 43.8 Å². The largest absolute Gasteiger partial charge is 0.325 e. The number of para-hydroxylation sites is 10. The summed E-state index contributed by atoms with van der Waals surface area (Å²) in [6.45, 7) is 3.12. The number of anilines is 3. The van der Waals surface area contributed by atoms with Crippen LogP contribution in [-0.2, 0) is 69.5 Å². The van der Waals surface area contributed by atoms with Crippen LogP contribution in [0.2, 0.25) is 25.1 Å². The SMILES string of the molecule is Cc1ccc(-c2nc3ccccc3n2CC(=O)Nc2ccc(Cl)cc2)cc1.O=C(Cc1ccc(Br)cc1Br)Cn1c(-c2ccsc2)nc2ccccc21.O=C(Cc1ccc(Cl)cc1Cl)Cn1c(-c2ccsc2)nc2ccccc21.O=C(Cn1c(-c2ccsc2)nc2ccccc21)Nc1ccc(-c2ccc(Cl)cc2)cc1.O=C(Cn1c(-c2ccsc2)nc2ccccc21)Nc1ccc(Cl)c2ccccc12. The van der Waals surface area contributed by atoms with Gasteiger partial charge in [0.2, 0.25) is 17.7 Å². The number of amides is 3. The minimum atomic E-state index is -0.117. The molecule has 0 fully saturated rings. The normalized spacial score (nSPS) is 11.1. The Morgan fingerprint density at radius 1 is 0.302 bits per heavy atom. The van der Waals surface area contributed by atoms with Gasteiger partial charge in [0.25, 0.3) is 0 Å². The van der Waals surface area contributed by atoms with Gasteiger partial charge in [-0.25, -0.2) is 24.9 Å². The summed E-state index contributed by atoms with van der Waals surface area (Å²) in [7, 11) is 0. The molecule has 18 nitrogen and oxygen atoms in total. The number of Topliss-reactive ketones (excluding diaryl/α,β-unsaturated/α-hetero) is 2. The van der Waals surface area contributed by atoms with Crippen molar-refractivity contribution in [2.75, 3.05) is 16.0 Å². The highest BCUT2D eigenvalue weighted by atomic mass is 79.9. The van der Waals surface area contributed by atoms with Crippen LogP contribution >= 0.6 is 135 Å². The molecule has 0 unspecified atom stereocenters. The molecule has 22 rings (SSSR count). The first-order valence-corrected chi connectivity index (χ1v) is 51.0. The van der Waals surface area contributed by atoms with Crippen molar-refractivity contribution >= 4 is 248 Å². The predicted molar refractivity (Wildman–Crippen MR) is 581 cm³/mol. The van der Waals surface area contributed by atoms with Crippen molar-refractivity contribution in [3.63, 3.8) is 0 Å². The summed E-state index contributed by atoms with van der Waals surface area (Å²) >= 11 is 43.8. The molecule has 688 valence electrons. The summed E-state index contributed by atoms with van der Waals surface area (Å²) in [6, 6.07) is 101. The van der Waals surface area contributed by atoms with Gasteiger partial charge in [-0.3, -0.25) is 24.0 Å². The van der Waals surface area contributed by atoms with Crippen LogP contribution in [0, 0.1) is 6.92 Å². The van der Waals surface area contributed by atoms with Gasteiger partial charge in [0.05, 0.1) is 68.3 Å². The van der Waals surface area contributed by atoms with E-state index in [0.717, 1.165) is 165 Å². The lowest BCUT2D eigenvalue weighted by molar-refractivity contribution is -0.119. The Hall–Kier alpha value is -13.6. The fourth-order valence-corrected chi connectivity index (χ4v) is 20.8. The molecular weight excluding hydrogens is 2050 g/mol. The lowest BCUT2D eigenvalue weighted by Crippen LogP contribution is -2.19. The summed E-state index contributed by atoms with van der Waals surface area (Å²) in [6.07, 6.45) is 0.634. The molecule has 139 heavy (non-hydrogen) atoms. The number of benzene rings is 13. The van der Waals surface area contributed by atoms with Crippen LogP contribution in [0.1, 0.15) is 16.7 Å². The van der Waals surface area contributed by atoms with Crippen molar-refractivity contribution in [2.24, 2.45) is 0 Å². The molecule has 0 saturated carbocycles. The number of ketones is 2. The number of carbonyl (C=O) groups excluding carboxylic acids is 5. The van der Waals surface area contributed by atoms with Gasteiger partial charge in [-0.15, -0.1) is 0 Å². The molecule has 0 aliphatic carbocycles. The summed E-state index contributed by atoms with van der Waals surface area (Å²) in [5, 5.41) is 30.1. The van der Waals surface area contributed by atoms with Crippen molar-refractivity contribution in [3.05, 3.63) is 409 Å². The number of fused-ring (bicyclic) bond motifs is 6. The van der Waals surface area contributed by atoms with E-state index in [1.165, 1.54) is 5.56 Å². The minimum absolute atomic E-state index is 0.0638. The number of hydrogen-bond donors (Lipinski definition) is 3. The number of carbonyl (C=O) groups is 5. The van der Waals surface area contributed by atoms with E-state index in [9.17, 15) is 24.0 Å². The van der Waals surface area contributed by atoms with Gasteiger partial charge in [-0.05, 0) is 221 Å². The Kier molecular flexibility index (Phi) is 30.6. The number of imidazole rings is 5. The maximum Gasteiger partial charge on any atom is 0.244 e. The van der Waals surface area contributed by atoms with E-state index >= 15 is 0 Å². The number of aryl methyl sites for hydroxylation is 1. The quantitative estimate of drug-likeness (QED) is 0.0551. The van der Waals surface area contributed by atoms with Crippen molar-refractivity contribution in [1.82, 2.24) is 47.8 Å². The van der Waals surface area contributed by atoms with Crippen LogP contribution < -0.4 is 16.0 Å². The highest BCUT2D eigenvalue weighted by Gasteiger charge is 2.24. The molecule has 0 saturated heterocycles. The minimum Gasteiger partial charge on any atom is -0.325 e. The zero-order valence-electron chi connectivity index (χ0n) is 73.9. The van der Waals surface area contributed by atoms with Crippen LogP contribution in [0.3, 0.4) is 0 Å². The van der Waals surface area contributed by atoms with E-state index in [2.05, 4.69) is 53.2 Å². The Labute approximate surface area is 857 Å². The summed E-state index contributed by atoms with van der Waals surface area (Å²) in [5.74, 6) is 3.91. The lowest BCUT2D eigenvalue weighted by Gasteiger charge is -2.12. The van der Waals surface area contributed by atoms with Crippen LogP contribution in [0.25, 0.3) is 134 Å². The Bertz CT molecular complexity index is 8000. The molecule has 0 spiro atoms. The van der Waals surface area contributed by atoms with Crippen molar-refractivity contribution in [2.45, 2.75) is 52.5 Å². The Morgan fingerprint density at radius 3 is 1.03 bits per heavy atom. The van der Waals surface area contributed by atoms with Gasteiger partial charge in [0.1, 0.15) is 48.8 Å². The molecule has 3 N–H and O–H groups in total. The molecule has 9 heterocycles. The number of halogens is 7. The third kappa shape index (κ3) is 23.2. The first-order valence-electron chi connectivity index (χ1n) is 43.7. The highest BCUT2D eigenvalue weighted by molar-refractivity contribution is 9.11. The Balaban J connectivity index is 0.000000115. The highest BCUT2D eigenvalue weighted by Crippen LogP contribution is 2.37. The van der Waals surface area contributed by atoms with E-state index < -0.39 is 0 Å². The van der Waals surface area contributed by atoms with Gasteiger partial charge in [0, 0.05) is 124 Å². The molecule has 29 heteroatoms. The molecule has 0 atom stereocenters. The van der Waals surface area contributed by atoms with Crippen LogP contribution in [0.5, 0.6) is 0 Å². The summed E-state index contributed by atoms with van der Waals surface area (Å²) in [5.41, 5.74) is 21.5.